The molecule has 0 aliphatic rings. The van der Waals surface area contributed by atoms with Gasteiger partial charge >= 0.3 is 0 Å². The molecule has 240 valence electrons. The lowest BCUT2D eigenvalue weighted by Crippen LogP contribution is -2.04. The van der Waals surface area contributed by atoms with Gasteiger partial charge in [0, 0.05) is 43.8 Å². The Morgan fingerprint density at radius 3 is 1.82 bits per heavy atom. The minimum Gasteiger partial charge on any atom is -0.455 e. The van der Waals surface area contributed by atoms with Crippen LogP contribution in [0.3, 0.4) is 0 Å². The van der Waals surface area contributed by atoms with E-state index in [-0.39, 0.29) is 0 Å². The van der Waals surface area contributed by atoms with Gasteiger partial charge in [-0.25, -0.2) is 15.0 Å². The van der Waals surface area contributed by atoms with Crippen LogP contribution in [0.25, 0.3) is 94.7 Å². The third kappa shape index (κ3) is 4.82. The minimum absolute atomic E-state index is 0.592. The van der Waals surface area contributed by atoms with E-state index in [0.29, 0.717) is 17.5 Å². The van der Waals surface area contributed by atoms with E-state index in [9.17, 15) is 0 Å². The summed E-state index contributed by atoms with van der Waals surface area (Å²) in [5.41, 5.74) is 10.9. The SMILES string of the molecule is Cc1ccc2c(c1)c1ccccc1n2-c1ccc(-c2cccc3c2oc2ccccc23)cc1-c1nc(-c2ccccc2)nc(-c2ccccc2)n1. The van der Waals surface area contributed by atoms with Gasteiger partial charge in [0.2, 0.25) is 0 Å². The molecule has 0 atom stereocenters. The number of benzene rings is 7. The molecule has 51 heavy (non-hydrogen) atoms. The molecule has 0 unspecified atom stereocenters. The highest BCUT2D eigenvalue weighted by atomic mass is 16.3. The highest BCUT2D eigenvalue weighted by molar-refractivity contribution is 6.11. The topological polar surface area (TPSA) is 56.7 Å². The van der Waals surface area contributed by atoms with Crippen molar-refractivity contribution in [2.45, 2.75) is 6.92 Å². The summed E-state index contributed by atoms with van der Waals surface area (Å²) in [5, 5.41) is 4.59. The zero-order valence-corrected chi connectivity index (χ0v) is 27.8. The van der Waals surface area contributed by atoms with Crippen molar-refractivity contribution in [1.29, 1.82) is 0 Å². The third-order valence-electron chi connectivity index (χ3n) is 9.72. The minimum atomic E-state index is 0.592. The molecule has 0 amide bonds. The molecule has 0 saturated carbocycles. The second kappa shape index (κ2) is 11.6. The van der Waals surface area contributed by atoms with Crippen molar-refractivity contribution in [1.82, 2.24) is 19.5 Å². The fraction of sp³-hybridized carbons (Fsp3) is 0.0217. The Morgan fingerprint density at radius 2 is 1.06 bits per heavy atom. The van der Waals surface area contributed by atoms with Gasteiger partial charge in [0.15, 0.2) is 17.5 Å². The molecule has 10 rings (SSSR count). The fourth-order valence-corrected chi connectivity index (χ4v) is 7.33. The Labute approximate surface area is 294 Å². The zero-order chi connectivity index (χ0) is 33.9. The van der Waals surface area contributed by atoms with E-state index < -0.39 is 0 Å². The van der Waals surface area contributed by atoms with Gasteiger partial charge in [0.05, 0.1) is 16.7 Å². The van der Waals surface area contributed by atoms with Crippen molar-refractivity contribution in [3.63, 3.8) is 0 Å². The number of para-hydroxylation sites is 3. The maximum absolute atomic E-state index is 6.52. The average Bonchev–Trinajstić information content (AvgIpc) is 3.74. The second-order valence-corrected chi connectivity index (χ2v) is 12.9. The number of aryl methyl sites for hydroxylation is 1. The molecule has 0 fully saturated rings. The predicted octanol–water partition coefficient (Wildman–Crippen LogP) is 11.8. The molecule has 3 aromatic heterocycles. The summed E-state index contributed by atoms with van der Waals surface area (Å²) in [6.07, 6.45) is 0. The summed E-state index contributed by atoms with van der Waals surface area (Å²) >= 11 is 0. The molecule has 0 radical (unpaired) electrons. The van der Waals surface area contributed by atoms with Crippen LogP contribution in [-0.4, -0.2) is 19.5 Å². The summed E-state index contributed by atoms with van der Waals surface area (Å²) in [5.74, 6) is 1.83. The molecular formula is C46H30N4O. The summed E-state index contributed by atoms with van der Waals surface area (Å²) in [6, 6.07) is 56.7. The molecule has 0 spiro atoms. The van der Waals surface area contributed by atoms with Crippen molar-refractivity contribution in [2.75, 3.05) is 0 Å². The Bertz CT molecular complexity index is 2870. The molecule has 10 aromatic rings. The molecule has 0 saturated heterocycles. The van der Waals surface area contributed by atoms with Gasteiger partial charge in [-0.3, -0.25) is 0 Å². The summed E-state index contributed by atoms with van der Waals surface area (Å²) in [4.78, 5) is 15.4. The Morgan fingerprint density at radius 1 is 0.431 bits per heavy atom. The van der Waals surface area contributed by atoms with Gasteiger partial charge in [-0.1, -0.05) is 133 Å². The van der Waals surface area contributed by atoms with Crippen molar-refractivity contribution in [2.24, 2.45) is 0 Å². The zero-order valence-electron chi connectivity index (χ0n) is 27.8. The quantitative estimate of drug-likeness (QED) is 0.185. The van der Waals surface area contributed by atoms with Crippen LogP contribution in [0.15, 0.2) is 168 Å². The van der Waals surface area contributed by atoms with E-state index in [0.717, 1.165) is 66.5 Å². The van der Waals surface area contributed by atoms with E-state index in [1.807, 2.05) is 72.8 Å². The molecule has 5 nitrogen and oxygen atoms in total. The van der Waals surface area contributed by atoms with Crippen LogP contribution in [0.2, 0.25) is 0 Å². The molecule has 0 aliphatic heterocycles. The molecule has 3 heterocycles. The van der Waals surface area contributed by atoms with E-state index in [1.54, 1.807) is 0 Å². The van der Waals surface area contributed by atoms with Crippen LogP contribution in [0.5, 0.6) is 0 Å². The highest BCUT2D eigenvalue weighted by Crippen LogP contribution is 2.41. The van der Waals surface area contributed by atoms with Crippen molar-refractivity contribution >= 4 is 43.7 Å². The van der Waals surface area contributed by atoms with E-state index >= 15 is 0 Å². The standard InChI is InChI=1S/C46H30N4O/c1-29-23-25-40-37(27-29)34-17-8-10-21-39(34)50(40)41-26-24-32(33-19-12-20-36-35-18-9-11-22-42(35)51-43(33)36)28-38(41)46-48-44(30-13-4-2-5-14-30)47-45(49-46)31-15-6-3-7-16-31/h2-28H,1H3. The number of hydrogen-bond donors (Lipinski definition) is 0. The van der Waals surface area contributed by atoms with Crippen molar-refractivity contribution < 1.29 is 4.42 Å². The summed E-state index contributed by atoms with van der Waals surface area (Å²) < 4.78 is 8.87. The average molecular weight is 655 g/mol. The van der Waals surface area contributed by atoms with E-state index in [2.05, 4.69) is 102 Å². The van der Waals surface area contributed by atoms with Gasteiger partial charge in [-0.2, -0.15) is 0 Å². The lowest BCUT2D eigenvalue weighted by atomic mass is 9.98. The summed E-state index contributed by atoms with van der Waals surface area (Å²) in [6.45, 7) is 2.14. The normalized spacial score (nSPS) is 11.6. The molecule has 7 aromatic carbocycles. The highest BCUT2D eigenvalue weighted by Gasteiger charge is 2.21. The van der Waals surface area contributed by atoms with Crippen LogP contribution in [0.4, 0.5) is 0 Å². The first kappa shape index (κ1) is 29.1. The van der Waals surface area contributed by atoms with Gasteiger partial charge in [-0.05, 0) is 48.9 Å². The first-order valence-electron chi connectivity index (χ1n) is 17.1. The lowest BCUT2D eigenvalue weighted by Gasteiger charge is -2.16. The Hall–Kier alpha value is -6.85. The fourth-order valence-electron chi connectivity index (χ4n) is 7.33. The van der Waals surface area contributed by atoms with Gasteiger partial charge in [-0.15, -0.1) is 0 Å². The first-order valence-corrected chi connectivity index (χ1v) is 17.1. The lowest BCUT2D eigenvalue weighted by molar-refractivity contribution is 0.670. The van der Waals surface area contributed by atoms with Crippen LogP contribution in [-0.2, 0) is 0 Å². The maximum atomic E-state index is 6.52. The summed E-state index contributed by atoms with van der Waals surface area (Å²) in [7, 11) is 0. The van der Waals surface area contributed by atoms with Crippen LogP contribution >= 0.6 is 0 Å². The Kier molecular flexibility index (Phi) is 6.64. The van der Waals surface area contributed by atoms with E-state index in [1.165, 1.54) is 16.3 Å². The Balaban J connectivity index is 1.30. The second-order valence-electron chi connectivity index (χ2n) is 12.9. The number of rotatable bonds is 5. The van der Waals surface area contributed by atoms with E-state index in [4.69, 9.17) is 19.4 Å². The number of fused-ring (bicyclic) bond motifs is 6. The van der Waals surface area contributed by atoms with Crippen LogP contribution < -0.4 is 0 Å². The van der Waals surface area contributed by atoms with Crippen molar-refractivity contribution in [3.05, 3.63) is 169 Å². The molecular weight excluding hydrogens is 625 g/mol. The number of nitrogens with zero attached hydrogens (tertiary/aromatic N) is 4. The molecule has 0 bridgehead atoms. The van der Waals surface area contributed by atoms with Crippen LogP contribution in [0, 0.1) is 6.92 Å². The number of aromatic nitrogens is 4. The smallest absolute Gasteiger partial charge is 0.166 e. The molecule has 0 aliphatic carbocycles. The van der Waals surface area contributed by atoms with Crippen LogP contribution in [0.1, 0.15) is 5.56 Å². The predicted molar refractivity (Wildman–Crippen MR) is 208 cm³/mol. The monoisotopic (exact) mass is 654 g/mol. The first-order chi connectivity index (χ1) is 25.2. The van der Waals surface area contributed by atoms with Gasteiger partial charge in [0.1, 0.15) is 11.2 Å². The third-order valence-corrected chi connectivity index (χ3v) is 9.72. The molecule has 5 heteroatoms. The maximum Gasteiger partial charge on any atom is 0.166 e. The molecule has 0 N–H and O–H groups in total. The largest absolute Gasteiger partial charge is 0.455 e. The number of furan rings is 1. The van der Waals surface area contributed by atoms with Gasteiger partial charge < -0.3 is 8.98 Å². The number of hydrogen-bond acceptors (Lipinski definition) is 4. The van der Waals surface area contributed by atoms with Gasteiger partial charge in [0.25, 0.3) is 0 Å². The van der Waals surface area contributed by atoms with Crippen molar-refractivity contribution in [3.8, 4) is 51.0 Å².